The zero-order chi connectivity index (χ0) is 12.0. The van der Waals surface area contributed by atoms with Crippen LogP contribution in [-0.4, -0.2) is 20.4 Å². The van der Waals surface area contributed by atoms with Gasteiger partial charge in [0.1, 0.15) is 0 Å². The van der Waals surface area contributed by atoms with Crippen LogP contribution in [0.15, 0.2) is 5.38 Å². The molecule has 4 nitrogen and oxygen atoms in total. The molecule has 3 rings (SSSR count). The fraction of sp³-hybridized carbons (Fsp3) is 0.545. The van der Waals surface area contributed by atoms with Gasteiger partial charge < -0.3 is 0 Å². The number of hydrogen-bond donors (Lipinski definition) is 3. The van der Waals surface area contributed by atoms with Crippen molar-refractivity contribution in [2.24, 2.45) is 0 Å². The normalized spacial score (nSPS) is 30.8. The molecule has 0 spiro atoms. The number of nitrogens with one attached hydrogen (secondary N) is 3. The van der Waals surface area contributed by atoms with Crippen LogP contribution >= 0.6 is 11.3 Å². The van der Waals surface area contributed by atoms with E-state index in [9.17, 15) is 4.79 Å². The van der Waals surface area contributed by atoms with Crippen LogP contribution < -0.4 is 37.2 Å². The number of halogens is 1. The van der Waals surface area contributed by atoms with E-state index in [4.69, 9.17) is 0 Å². The van der Waals surface area contributed by atoms with Crippen molar-refractivity contribution in [1.29, 1.82) is 0 Å². The van der Waals surface area contributed by atoms with Crippen molar-refractivity contribution < 1.29 is 26.0 Å². The second-order valence-electron chi connectivity index (χ2n) is 4.40. The van der Waals surface area contributed by atoms with E-state index >= 15 is 0 Å². The van der Waals surface area contributed by atoms with Crippen molar-refractivity contribution in [2.45, 2.75) is 30.1 Å². The number of carbonyl (C=O) groups is 1. The van der Waals surface area contributed by atoms with Crippen LogP contribution in [0.2, 0.25) is 0 Å². The third kappa shape index (κ3) is 2.30. The predicted octanol–water partition coefficient (Wildman–Crippen LogP) is -2.00. The maximum absolute atomic E-state index is 11.3. The summed E-state index contributed by atoms with van der Waals surface area (Å²) in [5, 5.41) is 12.2. The first-order chi connectivity index (χ1) is 8.15. The molecule has 17 heavy (non-hydrogen) atoms. The summed E-state index contributed by atoms with van der Waals surface area (Å²) in [7, 11) is 0. The zero-order valence-electron chi connectivity index (χ0n) is 9.71. The van der Waals surface area contributed by atoms with Gasteiger partial charge in [0.15, 0.2) is 0 Å². The molecule has 3 heterocycles. The Balaban J connectivity index is 1.89. The van der Waals surface area contributed by atoms with E-state index < -0.39 is 0 Å². The van der Waals surface area contributed by atoms with E-state index in [0.29, 0.717) is 27.4 Å². The Morgan fingerprint density at radius 1 is 1.65 bits per heavy atom. The molecule has 0 radical (unpaired) electrons. The molecule has 94 valence electrons. The molecule has 1 aromatic heterocycles. The molecule has 0 aliphatic carbocycles. The van der Waals surface area contributed by atoms with Crippen LogP contribution in [0.1, 0.15) is 23.5 Å². The SMILES string of the molecule is CC(=O)N[C@H]1NC(C2C[I-]2)Nc2c(C)csc21. The molecule has 2 unspecified atom stereocenters. The molecule has 2 aliphatic heterocycles. The fourth-order valence-electron chi connectivity index (χ4n) is 2.05. The Morgan fingerprint density at radius 3 is 3.06 bits per heavy atom. The van der Waals surface area contributed by atoms with Crippen LogP contribution in [0.25, 0.3) is 0 Å². The van der Waals surface area contributed by atoms with Crippen molar-refractivity contribution in [3.8, 4) is 0 Å². The molecule has 1 saturated heterocycles. The van der Waals surface area contributed by atoms with E-state index in [0.717, 1.165) is 3.92 Å². The van der Waals surface area contributed by atoms with Gasteiger partial charge in [-0.25, -0.2) is 0 Å². The summed E-state index contributed by atoms with van der Waals surface area (Å²) in [5.74, 6) is 0.0191. The topological polar surface area (TPSA) is 53.2 Å². The van der Waals surface area contributed by atoms with Gasteiger partial charge >= 0.3 is 115 Å². The maximum atomic E-state index is 11.3. The standard InChI is InChI=1S/C11H15IN3OS/c1-5-4-17-9-8(5)14-10(7-3-12-7)15-11(9)13-6(2)16/h4,7,10-11,14-15H,3H2,1-2H3,(H,13,16)/q-1/t7?,10?,11-/m0/s1. The van der Waals surface area contributed by atoms with Gasteiger partial charge in [-0.15, -0.1) is 0 Å². The molecule has 0 saturated carbocycles. The number of anilines is 1. The number of amides is 1. The summed E-state index contributed by atoms with van der Waals surface area (Å²) < 4.78 is 2.20. The first kappa shape index (κ1) is 11.7. The minimum absolute atomic E-state index is 0.0166. The molecule has 0 bridgehead atoms. The number of alkyl halides is 2. The Morgan fingerprint density at radius 2 is 2.41 bits per heavy atom. The number of fused-ring (bicyclic) bond motifs is 1. The number of hydrogen-bond acceptors (Lipinski definition) is 4. The summed E-state index contributed by atoms with van der Waals surface area (Å²) in [5.41, 5.74) is 2.51. The van der Waals surface area contributed by atoms with Gasteiger partial charge in [-0.3, -0.25) is 0 Å². The van der Waals surface area contributed by atoms with Crippen molar-refractivity contribution >= 4 is 22.9 Å². The van der Waals surface area contributed by atoms with Gasteiger partial charge in [0.25, 0.3) is 0 Å². The van der Waals surface area contributed by atoms with Crippen LogP contribution in [-0.2, 0) is 4.79 Å². The summed E-state index contributed by atoms with van der Waals surface area (Å²) in [4.78, 5) is 12.5. The molecule has 3 N–H and O–H groups in total. The molecule has 1 amide bonds. The van der Waals surface area contributed by atoms with Gasteiger partial charge in [-0.1, -0.05) is 0 Å². The molecule has 2 aliphatic rings. The van der Waals surface area contributed by atoms with Crippen LogP contribution in [0.5, 0.6) is 0 Å². The fourth-order valence-corrected chi connectivity index (χ4v) is 4.77. The number of aryl methyl sites for hydroxylation is 1. The van der Waals surface area contributed by atoms with E-state index in [-0.39, 0.29) is 12.1 Å². The quantitative estimate of drug-likeness (QED) is 0.421. The average molecular weight is 364 g/mol. The van der Waals surface area contributed by atoms with Crippen LogP contribution in [0, 0.1) is 6.92 Å². The Kier molecular flexibility index (Phi) is 3.04. The summed E-state index contributed by atoms with van der Waals surface area (Å²) in [6.45, 7) is 3.69. The third-order valence-corrected chi connectivity index (χ3v) is 6.74. The van der Waals surface area contributed by atoms with Gasteiger partial charge in [0.05, 0.1) is 0 Å². The van der Waals surface area contributed by atoms with E-state index in [1.807, 2.05) is 0 Å². The minimum atomic E-state index is -0.0166. The molecule has 6 heteroatoms. The first-order valence-corrected chi connectivity index (χ1v) is 9.25. The Bertz CT molecular complexity index is 458. The van der Waals surface area contributed by atoms with Crippen molar-refractivity contribution in [3.63, 3.8) is 0 Å². The van der Waals surface area contributed by atoms with E-state index in [1.165, 1.54) is 20.6 Å². The van der Waals surface area contributed by atoms with E-state index in [2.05, 4.69) is 28.3 Å². The summed E-state index contributed by atoms with van der Waals surface area (Å²) >= 11 is 2.09. The van der Waals surface area contributed by atoms with Gasteiger partial charge in [-0.2, -0.15) is 0 Å². The second kappa shape index (κ2) is 4.40. The molecule has 1 aromatic rings. The Hall–Kier alpha value is -0.340. The average Bonchev–Trinajstić information content (AvgIpc) is 3.04. The number of rotatable bonds is 2. The van der Waals surface area contributed by atoms with E-state index in [1.54, 1.807) is 18.3 Å². The van der Waals surface area contributed by atoms with Crippen molar-refractivity contribution in [3.05, 3.63) is 15.8 Å². The molecular formula is C11H15IN3OS-. The van der Waals surface area contributed by atoms with Crippen LogP contribution in [0.4, 0.5) is 5.69 Å². The van der Waals surface area contributed by atoms with Gasteiger partial charge in [0, 0.05) is 0 Å². The van der Waals surface area contributed by atoms with Crippen molar-refractivity contribution in [1.82, 2.24) is 10.6 Å². The predicted molar refractivity (Wildman–Crippen MR) is 64.8 cm³/mol. The number of carbonyl (C=O) groups excluding carboxylic acids is 1. The third-order valence-electron chi connectivity index (χ3n) is 2.95. The Labute approximate surface area is 115 Å². The first-order valence-electron chi connectivity index (χ1n) is 5.60. The second-order valence-corrected chi connectivity index (χ2v) is 8.68. The van der Waals surface area contributed by atoms with Crippen LogP contribution in [0.3, 0.4) is 0 Å². The summed E-state index contributed by atoms with van der Waals surface area (Å²) in [6.07, 6.45) is 0.331. The zero-order valence-corrected chi connectivity index (χ0v) is 12.7. The molecule has 3 atom stereocenters. The molecule has 0 aromatic carbocycles. The molecular weight excluding hydrogens is 349 g/mol. The van der Waals surface area contributed by atoms with Gasteiger partial charge in [0.2, 0.25) is 0 Å². The van der Waals surface area contributed by atoms with Crippen molar-refractivity contribution in [2.75, 3.05) is 9.74 Å². The summed E-state index contributed by atoms with van der Waals surface area (Å²) in [6, 6.07) is 0. The van der Waals surface area contributed by atoms with Gasteiger partial charge in [-0.05, 0) is 0 Å². The number of thiophene rings is 1. The molecule has 1 fully saturated rings. The monoisotopic (exact) mass is 364 g/mol.